The van der Waals surface area contributed by atoms with Gasteiger partial charge in [-0.15, -0.1) is 0 Å². The van der Waals surface area contributed by atoms with Gasteiger partial charge in [-0.2, -0.15) is 22.0 Å². The monoisotopic (exact) mass is 370 g/mol. The van der Waals surface area contributed by atoms with E-state index in [1.807, 2.05) is 0 Å². The standard InChI is InChI=1S/C15H9Cl2F5O/c16-11-6-4-9(5-7-11)13(23,14(18,19)15(20,21)22)10-2-1-3-12(17)8-10/h1-8,23H. The minimum absolute atomic E-state index is 0.0899. The van der Waals surface area contributed by atoms with Gasteiger partial charge in [-0.05, 0) is 35.4 Å². The molecule has 0 saturated heterocycles. The molecule has 1 nitrogen and oxygen atoms in total. The fourth-order valence-electron chi connectivity index (χ4n) is 2.14. The van der Waals surface area contributed by atoms with E-state index < -0.39 is 28.8 Å². The van der Waals surface area contributed by atoms with Crippen molar-refractivity contribution in [2.24, 2.45) is 0 Å². The van der Waals surface area contributed by atoms with Crippen molar-refractivity contribution in [3.05, 3.63) is 69.7 Å². The zero-order valence-electron chi connectivity index (χ0n) is 11.2. The maximum atomic E-state index is 14.1. The van der Waals surface area contributed by atoms with Gasteiger partial charge >= 0.3 is 12.1 Å². The van der Waals surface area contributed by atoms with Crippen molar-refractivity contribution in [3.63, 3.8) is 0 Å². The van der Waals surface area contributed by atoms with Gasteiger partial charge in [0.2, 0.25) is 0 Å². The van der Waals surface area contributed by atoms with Crippen molar-refractivity contribution in [1.82, 2.24) is 0 Å². The normalized spacial score (nSPS) is 15.3. The molecule has 0 aliphatic rings. The molecule has 1 atom stereocenters. The van der Waals surface area contributed by atoms with Crippen molar-refractivity contribution in [3.8, 4) is 0 Å². The Kier molecular flexibility index (Phi) is 4.63. The van der Waals surface area contributed by atoms with Gasteiger partial charge < -0.3 is 5.11 Å². The SMILES string of the molecule is OC(c1ccc(Cl)cc1)(c1cccc(Cl)c1)C(F)(F)C(F)(F)F. The molecule has 124 valence electrons. The van der Waals surface area contributed by atoms with E-state index in [1.165, 1.54) is 12.1 Å². The zero-order valence-corrected chi connectivity index (χ0v) is 12.7. The van der Waals surface area contributed by atoms with Gasteiger partial charge in [-0.25, -0.2) is 0 Å². The van der Waals surface area contributed by atoms with Crippen LogP contribution in [0.3, 0.4) is 0 Å². The average molecular weight is 371 g/mol. The van der Waals surface area contributed by atoms with E-state index in [1.54, 1.807) is 0 Å². The van der Waals surface area contributed by atoms with Crippen LogP contribution in [0.5, 0.6) is 0 Å². The Morgan fingerprint density at radius 1 is 0.739 bits per heavy atom. The van der Waals surface area contributed by atoms with Crippen LogP contribution in [0.2, 0.25) is 10.0 Å². The Hall–Kier alpha value is -1.37. The molecule has 2 aromatic rings. The highest BCUT2D eigenvalue weighted by Crippen LogP contribution is 2.52. The lowest BCUT2D eigenvalue weighted by molar-refractivity contribution is -0.336. The molecule has 0 spiro atoms. The molecule has 0 radical (unpaired) electrons. The van der Waals surface area contributed by atoms with Crippen LogP contribution in [0.15, 0.2) is 48.5 Å². The van der Waals surface area contributed by atoms with Crippen LogP contribution in [0.25, 0.3) is 0 Å². The highest BCUT2D eigenvalue weighted by molar-refractivity contribution is 6.30. The van der Waals surface area contributed by atoms with Crippen LogP contribution in [0.1, 0.15) is 11.1 Å². The van der Waals surface area contributed by atoms with E-state index in [9.17, 15) is 27.1 Å². The third-order valence-electron chi connectivity index (χ3n) is 3.31. The number of aliphatic hydroxyl groups is 1. The quantitative estimate of drug-likeness (QED) is 0.714. The molecule has 0 saturated carbocycles. The topological polar surface area (TPSA) is 20.2 Å². The van der Waals surface area contributed by atoms with Crippen molar-refractivity contribution >= 4 is 23.2 Å². The summed E-state index contributed by atoms with van der Waals surface area (Å²) in [6, 6.07) is 8.30. The molecule has 23 heavy (non-hydrogen) atoms. The fourth-order valence-corrected chi connectivity index (χ4v) is 2.46. The molecule has 2 rings (SSSR count). The molecule has 0 aromatic heterocycles. The molecule has 0 fully saturated rings. The first-order valence-electron chi connectivity index (χ1n) is 6.19. The zero-order chi connectivity index (χ0) is 17.5. The summed E-state index contributed by atoms with van der Waals surface area (Å²) >= 11 is 11.3. The lowest BCUT2D eigenvalue weighted by Gasteiger charge is -2.37. The Balaban J connectivity index is 2.77. The smallest absolute Gasteiger partial charge is 0.374 e. The van der Waals surface area contributed by atoms with Gasteiger partial charge in [0.15, 0.2) is 5.60 Å². The van der Waals surface area contributed by atoms with Gasteiger partial charge in [0, 0.05) is 10.0 Å². The summed E-state index contributed by atoms with van der Waals surface area (Å²) in [7, 11) is 0. The maximum Gasteiger partial charge on any atom is 0.457 e. The van der Waals surface area contributed by atoms with Crippen LogP contribution in [-0.4, -0.2) is 17.2 Å². The van der Waals surface area contributed by atoms with Gasteiger partial charge in [0.05, 0.1) is 0 Å². The Labute approximate surface area is 138 Å². The van der Waals surface area contributed by atoms with E-state index in [2.05, 4.69) is 0 Å². The molecule has 0 heterocycles. The van der Waals surface area contributed by atoms with Crippen LogP contribution >= 0.6 is 23.2 Å². The Morgan fingerprint density at radius 3 is 1.78 bits per heavy atom. The minimum Gasteiger partial charge on any atom is -0.374 e. The van der Waals surface area contributed by atoms with E-state index in [0.717, 1.165) is 36.4 Å². The minimum atomic E-state index is -5.98. The average Bonchev–Trinajstić information content (AvgIpc) is 2.45. The molecule has 0 bridgehead atoms. The Bertz CT molecular complexity index is 700. The molecule has 0 aliphatic heterocycles. The summed E-state index contributed by atoms with van der Waals surface area (Å²) in [6.07, 6.45) is -5.98. The number of alkyl halides is 5. The fraction of sp³-hybridized carbons (Fsp3) is 0.200. The summed E-state index contributed by atoms with van der Waals surface area (Å²) < 4.78 is 67.0. The number of halogens is 7. The molecule has 1 N–H and O–H groups in total. The summed E-state index contributed by atoms with van der Waals surface area (Å²) in [4.78, 5) is 0. The van der Waals surface area contributed by atoms with Crippen LogP contribution in [0.4, 0.5) is 22.0 Å². The van der Waals surface area contributed by atoms with Crippen LogP contribution in [0, 0.1) is 0 Å². The van der Waals surface area contributed by atoms with E-state index in [0.29, 0.717) is 0 Å². The van der Waals surface area contributed by atoms with Crippen molar-refractivity contribution < 1.29 is 27.1 Å². The molecule has 2 aromatic carbocycles. The first-order chi connectivity index (χ1) is 10.5. The van der Waals surface area contributed by atoms with E-state index in [-0.39, 0.29) is 10.0 Å². The maximum absolute atomic E-state index is 14.1. The third-order valence-corrected chi connectivity index (χ3v) is 3.80. The second kappa shape index (κ2) is 5.92. The summed E-state index contributed by atoms with van der Waals surface area (Å²) in [5, 5.41) is 10.5. The number of hydrogen-bond acceptors (Lipinski definition) is 1. The molecule has 8 heteroatoms. The van der Waals surface area contributed by atoms with Crippen molar-refractivity contribution in [2.45, 2.75) is 17.7 Å². The highest BCUT2D eigenvalue weighted by Gasteiger charge is 2.71. The first kappa shape index (κ1) is 18.0. The van der Waals surface area contributed by atoms with Gasteiger partial charge in [0.1, 0.15) is 0 Å². The van der Waals surface area contributed by atoms with Gasteiger partial charge in [-0.1, -0.05) is 47.5 Å². The molecular weight excluding hydrogens is 362 g/mol. The summed E-state index contributed by atoms with van der Waals surface area (Å²) in [6.45, 7) is 0. The van der Waals surface area contributed by atoms with Gasteiger partial charge in [0.25, 0.3) is 0 Å². The lowest BCUT2D eigenvalue weighted by atomic mass is 9.80. The van der Waals surface area contributed by atoms with Crippen LogP contribution < -0.4 is 0 Å². The molecule has 1 unspecified atom stereocenters. The highest BCUT2D eigenvalue weighted by atomic mass is 35.5. The molecular formula is C15H9Cl2F5O. The Morgan fingerprint density at radius 2 is 1.30 bits per heavy atom. The number of benzene rings is 2. The van der Waals surface area contributed by atoms with E-state index >= 15 is 0 Å². The molecule has 0 amide bonds. The molecule has 0 aliphatic carbocycles. The van der Waals surface area contributed by atoms with E-state index in [4.69, 9.17) is 23.2 Å². The predicted octanol–water partition coefficient (Wildman–Crippen LogP) is 5.43. The largest absolute Gasteiger partial charge is 0.457 e. The van der Waals surface area contributed by atoms with Crippen molar-refractivity contribution in [1.29, 1.82) is 0 Å². The number of hydrogen-bond donors (Lipinski definition) is 1. The van der Waals surface area contributed by atoms with Crippen molar-refractivity contribution in [2.75, 3.05) is 0 Å². The summed E-state index contributed by atoms with van der Waals surface area (Å²) in [5.74, 6) is -5.46. The predicted molar refractivity (Wildman–Crippen MR) is 76.9 cm³/mol. The lowest BCUT2D eigenvalue weighted by Crippen LogP contribution is -2.55. The second-order valence-corrected chi connectivity index (χ2v) is 5.67. The van der Waals surface area contributed by atoms with Gasteiger partial charge in [-0.3, -0.25) is 0 Å². The van der Waals surface area contributed by atoms with Crippen LogP contribution in [-0.2, 0) is 5.60 Å². The summed E-state index contributed by atoms with van der Waals surface area (Å²) in [5.41, 5.74) is -5.00. The second-order valence-electron chi connectivity index (χ2n) is 4.80. The first-order valence-corrected chi connectivity index (χ1v) is 6.95. The third kappa shape index (κ3) is 3.03. The number of rotatable bonds is 3.